The highest BCUT2D eigenvalue weighted by Gasteiger charge is 2.23. The van der Waals surface area contributed by atoms with Gasteiger partial charge in [-0.2, -0.15) is 0 Å². The zero-order valence-electron chi connectivity index (χ0n) is 10.6. The molecule has 1 aromatic heterocycles. The van der Waals surface area contributed by atoms with Crippen molar-refractivity contribution < 1.29 is 14.3 Å². The summed E-state index contributed by atoms with van der Waals surface area (Å²) in [6.07, 6.45) is 2.07. The van der Waals surface area contributed by atoms with E-state index < -0.39 is 0 Å². The van der Waals surface area contributed by atoms with Crippen molar-refractivity contribution in [2.24, 2.45) is 0 Å². The van der Waals surface area contributed by atoms with Gasteiger partial charge >= 0.3 is 6.01 Å². The average Bonchev–Trinajstić information content (AvgIpc) is 2.86. The molecular formula is C11H20N4O3. The Hall–Kier alpha value is -1.18. The molecule has 0 amide bonds. The van der Waals surface area contributed by atoms with Crippen LogP contribution in [0, 0.1) is 0 Å². The number of nitrogens with zero attached hydrogens (tertiary/aromatic N) is 3. The van der Waals surface area contributed by atoms with Crippen LogP contribution in [0.3, 0.4) is 0 Å². The van der Waals surface area contributed by atoms with Gasteiger partial charge in [-0.15, -0.1) is 5.10 Å². The topological polar surface area (TPSA) is 83.7 Å². The number of rotatable bonds is 6. The van der Waals surface area contributed by atoms with Crippen LogP contribution >= 0.6 is 0 Å². The number of piperidine rings is 1. The minimum atomic E-state index is 0.0806. The Morgan fingerprint density at radius 2 is 2.22 bits per heavy atom. The van der Waals surface area contributed by atoms with E-state index in [1.807, 2.05) is 7.05 Å². The van der Waals surface area contributed by atoms with Gasteiger partial charge in [0.05, 0.1) is 25.9 Å². The van der Waals surface area contributed by atoms with Gasteiger partial charge in [-0.1, -0.05) is 5.10 Å². The van der Waals surface area contributed by atoms with E-state index >= 15 is 0 Å². The lowest BCUT2D eigenvalue weighted by Gasteiger charge is -2.30. The van der Waals surface area contributed by atoms with Gasteiger partial charge in [0.1, 0.15) is 0 Å². The Balaban J connectivity index is 1.81. The maximum atomic E-state index is 8.71. The summed E-state index contributed by atoms with van der Waals surface area (Å²) in [6.45, 7) is 2.77. The largest absolute Gasteiger partial charge is 0.407 e. The molecular weight excluding hydrogens is 236 g/mol. The van der Waals surface area contributed by atoms with Gasteiger partial charge in [0.2, 0.25) is 5.89 Å². The first-order chi connectivity index (χ1) is 8.83. The van der Waals surface area contributed by atoms with Gasteiger partial charge in [-0.05, 0) is 19.9 Å². The first kappa shape index (κ1) is 13.3. The molecule has 7 heteroatoms. The molecule has 7 nitrogen and oxygen atoms in total. The van der Waals surface area contributed by atoms with Crippen molar-refractivity contribution in [2.75, 3.05) is 38.3 Å². The summed E-state index contributed by atoms with van der Waals surface area (Å²) in [5.74, 6) is 0.603. The van der Waals surface area contributed by atoms with Gasteiger partial charge in [-0.25, -0.2) is 0 Å². The Labute approximate surface area is 106 Å². The van der Waals surface area contributed by atoms with Crippen molar-refractivity contribution in [3.63, 3.8) is 0 Å². The highest BCUT2D eigenvalue weighted by atomic mass is 16.5. The van der Waals surface area contributed by atoms with E-state index in [1.54, 1.807) is 0 Å². The maximum Gasteiger partial charge on any atom is 0.318 e. The minimum absolute atomic E-state index is 0.0806. The summed E-state index contributed by atoms with van der Waals surface area (Å²) in [6, 6.07) is 0.584. The van der Waals surface area contributed by atoms with Crippen LogP contribution in [0.15, 0.2) is 4.42 Å². The van der Waals surface area contributed by atoms with Gasteiger partial charge in [0.25, 0.3) is 0 Å². The van der Waals surface area contributed by atoms with Crippen LogP contribution in [0.2, 0.25) is 0 Å². The van der Waals surface area contributed by atoms with Gasteiger partial charge in [0.15, 0.2) is 0 Å². The maximum absolute atomic E-state index is 8.71. The van der Waals surface area contributed by atoms with E-state index in [2.05, 4.69) is 20.4 Å². The molecule has 0 bridgehead atoms. The van der Waals surface area contributed by atoms with Gasteiger partial charge < -0.3 is 24.5 Å². The number of nitrogens with one attached hydrogen (secondary N) is 1. The fourth-order valence-corrected chi connectivity index (χ4v) is 2.03. The van der Waals surface area contributed by atoms with Crippen LogP contribution in [0.25, 0.3) is 0 Å². The van der Waals surface area contributed by atoms with Crippen molar-refractivity contribution in [3.05, 3.63) is 5.89 Å². The van der Waals surface area contributed by atoms with Gasteiger partial charge in [-0.3, -0.25) is 0 Å². The first-order valence-electron chi connectivity index (χ1n) is 6.28. The van der Waals surface area contributed by atoms with Crippen molar-refractivity contribution in [1.82, 2.24) is 15.5 Å². The fourth-order valence-electron chi connectivity index (χ4n) is 2.03. The number of aliphatic hydroxyl groups is 1. The smallest absolute Gasteiger partial charge is 0.318 e. The van der Waals surface area contributed by atoms with Crippen molar-refractivity contribution in [1.29, 1.82) is 0 Å². The van der Waals surface area contributed by atoms with Crippen LogP contribution in [0.1, 0.15) is 18.7 Å². The lowest BCUT2D eigenvalue weighted by molar-refractivity contribution is 0.0154. The zero-order chi connectivity index (χ0) is 12.8. The van der Waals surface area contributed by atoms with Gasteiger partial charge in [0, 0.05) is 13.1 Å². The Bertz CT molecular complexity index is 350. The summed E-state index contributed by atoms with van der Waals surface area (Å²) in [7, 11) is 1.84. The van der Waals surface area contributed by atoms with Crippen LogP contribution < -0.4 is 10.2 Å². The van der Waals surface area contributed by atoms with E-state index in [9.17, 15) is 0 Å². The number of ether oxygens (including phenoxy) is 1. The minimum Gasteiger partial charge on any atom is -0.407 e. The molecule has 2 rings (SSSR count). The lowest BCUT2D eigenvalue weighted by atomic mass is 10.1. The standard InChI is InChI=1S/C11H20N4O3/c1-12-8-10-13-14-11(18-10)15-4-2-9(3-5-15)17-7-6-16/h9,12,16H,2-8H2,1H3. The summed E-state index contributed by atoms with van der Waals surface area (Å²) in [5.41, 5.74) is 0. The summed E-state index contributed by atoms with van der Waals surface area (Å²) < 4.78 is 11.0. The number of hydrogen-bond acceptors (Lipinski definition) is 7. The van der Waals surface area contributed by atoms with Crippen LogP contribution in [0.5, 0.6) is 0 Å². The molecule has 2 N–H and O–H groups in total. The van der Waals surface area contributed by atoms with E-state index in [4.69, 9.17) is 14.3 Å². The second-order valence-corrected chi connectivity index (χ2v) is 4.29. The highest BCUT2D eigenvalue weighted by molar-refractivity contribution is 5.24. The third kappa shape index (κ3) is 3.41. The SMILES string of the molecule is CNCc1nnc(N2CCC(OCCO)CC2)o1. The number of aliphatic hydroxyl groups excluding tert-OH is 1. The predicted octanol–water partition coefficient (Wildman–Crippen LogP) is -0.233. The summed E-state index contributed by atoms with van der Waals surface area (Å²) >= 11 is 0. The van der Waals surface area contributed by atoms with Crippen molar-refractivity contribution >= 4 is 6.01 Å². The molecule has 0 radical (unpaired) electrons. The molecule has 18 heavy (non-hydrogen) atoms. The zero-order valence-corrected chi connectivity index (χ0v) is 10.6. The number of hydrogen-bond donors (Lipinski definition) is 2. The van der Waals surface area contributed by atoms with Crippen LogP contribution in [-0.4, -0.2) is 54.8 Å². The number of anilines is 1. The molecule has 2 heterocycles. The molecule has 0 aliphatic carbocycles. The molecule has 0 atom stereocenters. The molecule has 0 saturated carbocycles. The second-order valence-electron chi connectivity index (χ2n) is 4.29. The Morgan fingerprint density at radius 3 is 2.89 bits per heavy atom. The Kier molecular flexibility index (Phi) is 4.91. The third-order valence-electron chi connectivity index (χ3n) is 2.94. The molecule has 102 valence electrons. The summed E-state index contributed by atoms with van der Waals surface area (Å²) in [5, 5.41) is 19.7. The molecule has 0 spiro atoms. The number of aromatic nitrogens is 2. The van der Waals surface area contributed by atoms with E-state index in [1.165, 1.54) is 0 Å². The Morgan fingerprint density at radius 1 is 1.44 bits per heavy atom. The normalized spacial score (nSPS) is 17.3. The lowest BCUT2D eigenvalue weighted by Crippen LogP contribution is -2.37. The molecule has 1 aliphatic rings. The van der Waals surface area contributed by atoms with E-state index in [0.29, 0.717) is 25.1 Å². The second kappa shape index (κ2) is 6.67. The quantitative estimate of drug-likeness (QED) is 0.727. The van der Waals surface area contributed by atoms with Crippen LogP contribution in [-0.2, 0) is 11.3 Å². The monoisotopic (exact) mass is 256 g/mol. The fraction of sp³-hybridized carbons (Fsp3) is 0.818. The molecule has 1 fully saturated rings. The molecule has 0 unspecified atom stereocenters. The average molecular weight is 256 g/mol. The molecule has 1 aliphatic heterocycles. The van der Waals surface area contributed by atoms with Crippen molar-refractivity contribution in [2.45, 2.75) is 25.5 Å². The van der Waals surface area contributed by atoms with E-state index in [0.717, 1.165) is 25.9 Å². The van der Waals surface area contributed by atoms with E-state index in [-0.39, 0.29) is 12.7 Å². The first-order valence-corrected chi connectivity index (χ1v) is 6.28. The van der Waals surface area contributed by atoms with Crippen LogP contribution in [0.4, 0.5) is 6.01 Å². The summed E-state index contributed by atoms with van der Waals surface area (Å²) in [4.78, 5) is 2.07. The third-order valence-corrected chi connectivity index (χ3v) is 2.94. The molecule has 1 aromatic rings. The predicted molar refractivity (Wildman–Crippen MR) is 65.3 cm³/mol. The molecule has 0 aromatic carbocycles. The highest BCUT2D eigenvalue weighted by Crippen LogP contribution is 2.20. The van der Waals surface area contributed by atoms with Crippen molar-refractivity contribution in [3.8, 4) is 0 Å². The molecule has 1 saturated heterocycles.